The van der Waals surface area contributed by atoms with Gasteiger partial charge in [-0.25, -0.2) is 13.2 Å². The van der Waals surface area contributed by atoms with Gasteiger partial charge in [0.05, 0.1) is 19.0 Å². The van der Waals surface area contributed by atoms with Crippen LogP contribution in [0.2, 0.25) is 0 Å². The average Bonchev–Trinajstić information content (AvgIpc) is 3.36. The predicted molar refractivity (Wildman–Crippen MR) is 159 cm³/mol. The molecule has 0 saturated heterocycles. The van der Waals surface area contributed by atoms with Crippen LogP contribution in [0, 0.1) is 11.8 Å². The van der Waals surface area contributed by atoms with Crippen LogP contribution in [0.1, 0.15) is 90.9 Å². The van der Waals surface area contributed by atoms with E-state index in [1.54, 1.807) is 0 Å². The molecule has 3 rings (SSSR count). The molecule has 41 heavy (non-hydrogen) atoms. The minimum Gasteiger partial charge on any atom is -0.453 e. The molecule has 0 radical (unpaired) electrons. The van der Waals surface area contributed by atoms with Gasteiger partial charge in [0.25, 0.3) is 0 Å². The lowest BCUT2D eigenvalue weighted by Crippen LogP contribution is -2.49. The molecule has 1 heterocycles. The van der Waals surface area contributed by atoms with E-state index in [9.17, 15) is 23.1 Å². The number of amides is 2. The van der Waals surface area contributed by atoms with Crippen LogP contribution in [-0.4, -0.2) is 86.1 Å². The van der Waals surface area contributed by atoms with Gasteiger partial charge >= 0.3 is 6.09 Å². The maximum absolute atomic E-state index is 13.6. The second kappa shape index (κ2) is 16.1. The monoisotopic (exact) mass is 599 g/mol. The maximum atomic E-state index is 13.6. The third-order valence-electron chi connectivity index (χ3n) is 8.85. The van der Waals surface area contributed by atoms with Crippen molar-refractivity contribution >= 4 is 22.0 Å². The molecule has 0 aromatic heterocycles. The average molecular weight is 600 g/mol. The van der Waals surface area contributed by atoms with Crippen molar-refractivity contribution in [2.45, 2.75) is 120 Å². The number of ether oxygens (including phenoxy) is 1. The van der Waals surface area contributed by atoms with Crippen molar-refractivity contribution in [1.82, 2.24) is 20.3 Å². The zero-order valence-corrected chi connectivity index (χ0v) is 26.0. The Morgan fingerprint density at radius 2 is 1.85 bits per heavy atom. The Hall–Kier alpha value is -1.89. The molecule has 0 aromatic rings. The Labute approximate surface area is 246 Å². The number of nitrogens with two attached hydrogens (primary N) is 1. The first-order valence-corrected chi connectivity index (χ1v) is 17.0. The summed E-state index contributed by atoms with van der Waals surface area (Å²) >= 11 is 0. The molecule has 0 bridgehead atoms. The highest BCUT2D eigenvalue weighted by atomic mass is 32.2. The van der Waals surface area contributed by atoms with Crippen LogP contribution in [0.5, 0.6) is 0 Å². The maximum Gasteiger partial charge on any atom is 0.407 e. The van der Waals surface area contributed by atoms with E-state index in [1.165, 1.54) is 24.3 Å². The van der Waals surface area contributed by atoms with Crippen LogP contribution in [0.25, 0.3) is 0 Å². The number of nitrogens with zero attached hydrogens (tertiary/aromatic N) is 1. The molecule has 2 amide bonds. The summed E-state index contributed by atoms with van der Waals surface area (Å²) in [5, 5.41) is 18.8. The minimum atomic E-state index is -3.57. The summed E-state index contributed by atoms with van der Waals surface area (Å²) < 4.78 is 33.5. The smallest absolute Gasteiger partial charge is 0.407 e. The number of rotatable bonds is 15. The van der Waals surface area contributed by atoms with Gasteiger partial charge in [-0.15, -0.1) is 0 Å². The van der Waals surface area contributed by atoms with Crippen molar-refractivity contribution in [2.24, 2.45) is 17.6 Å². The van der Waals surface area contributed by atoms with Gasteiger partial charge in [-0.05, 0) is 75.5 Å². The third kappa shape index (κ3) is 9.56. The molecule has 0 spiro atoms. The molecule has 4 atom stereocenters. The van der Waals surface area contributed by atoms with Crippen molar-refractivity contribution in [1.29, 1.82) is 0 Å². The topological polar surface area (TPSA) is 163 Å². The lowest BCUT2D eigenvalue weighted by molar-refractivity contribution is -0.123. The Morgan fingerprint density at radius 1 is 1.15 bits per heavy atom. The van der Waals surface area contributed by atoms with Crippen molar-refractivity contribution < 1.29 is 27.9 Å². The Morgan fingerprint density at radius 3 is 2.51 bits per heavy atom. The summed E-state index contributed by atoms with van der Waals surface area (Å²) in [6, 6.07) is -0.777. The number of hydrogen-bond donors (Lipinski definition) is 5. The number of unbranched alkanes of at least 4 members (excludes halogenated alkanes) is 1. The molecule has 12 heteroatoms. The van der Waals surface area contributed by atoms with Crippen molar-refractivity contribution in [2.75, 3.05) is 26.8 Å². The van der Waals surface area contributed by atoms with Gasteiger partial charge in [0.2, 0.25) is 15.9 Å². The quantitative estimate of drug-likeness (QED) is 0.179. The van der Waals surface area contributed by atoms with Crippen LogP contribution < -0.4 is 21.7 Å². The number of nitrogens with one attached hydrogen (secondary N) is 3. The number of carbonyl (C=O) groups excluding carboxylic acids is 2. The van der Waals surface area contributed by atoms with Gasteiger partial charge in [-0.2, -0.15) is 4.31 Å². The molecular formula is C29H53N5O6S. The zero-order valence-electron chi connectivity index (χ0n) is 25.1. The van der Waals surface area contributed by atoms with Gasteiger partial charge in [0.15, 0.2) is 0 Å². The molecule has 236 valence electrons. The Bertz CT molecular complexity index is 982. The number of carbonyl (C=O) groups is 2. The first-order chi connectivity index (χ1) is 19.6. The Balaban J connectivity index is 1.52. The lowest BCUT2D eigenvalue weighted by atomic mass is 9.80. The predicted octanol–water partition coefficient (Wildman–Crippen LogP) is 2.35. The fourth-order valence-corrected chi connectivity index (χ4v) is 8.86. The number of aliphatic hydroxyl groups is 1. The molecule has 2 saturated carbocycles. The van der Waals surface area contributed by atoms with E-state index in [1.807, 2.05) is 20.0 Å². The SMILES string of the molecule is COC(=O)N[C@@H](CC1=CNC2CCCCC12)C(=O)NCCCC[C@@H](CO)N(CC(C)C)S(=O)(=O)C1CCC(N)CC1. The number of methoxy groups -OCH3 is 1. The largest absolute Gasteiger partial charge is 0.453 e. The molecule has 2 unspecified atom stereocenters. The number of hydrogen-bond acceptors (Lipinski definition) is 8. The van der Waals surface area contributed by atoms with Crippen LogP contribution in [0.4, 0.5) is 4.79 Å². The molecule has 3 aliphatic rings. The summed E-state index contributed by atoms with van der Waals surface area (Å²) in [5.41, 5.74) is 7.16. The van der Waals surface area contributed by atoms with Gasteiger partial charge in [-0.3, -0.25) is 4.79 Å². The number of sulfonamides is 1. The van der Waals surface area contributed by atoms with E-state index in [0.29, 0.717) is 76.4 Å². The first kappa shape index (κ1) is 33.6. The highest BCUT2D eigenvalue weighted by Gasteiger charge is 2.38. The molecule has 6 N–H and O–H groups in total. The van der Waals surface area contributed by atoms with E-state index in [-0.39, 0.29) is 24.5 Å². The van der Waals surface area contributed by atoms with Crippen LogP contribution in [0.3, 0.4) is 0 Å². The highest BCUT2D eigenvalue weighted by molar-refractivity contribution is 7.89. The molecular weight excluding hydrogens is 546 g/mol. The second-order valence-electron chi connectivity index (χ2n) is 12.4. The zero-order chi connectivity index (χ0) is 30.0. The van der Waals surface area contributed by atoms with E-state index in [2.05, 4.69) is 16.0 Å². The normalized spacial score (nSPS) is 26.1. The Kier molecular flexibility index (Phi) is 13.2. The standard InChI is InChI=1S/C29H53N5O6S/c1-20(2)18-34(41(38,39)24-13-11-22(30)12-14-24)23(19-35)8-6-7-15-31-28(36)27(33-29(37)40-3)16-21-17-32-26-10-5-4-9-25(21)26/h17,20,22-27,32,35H,4-16,18-19,30H2,1-3H3,(H,31,36)(H,33,37)/t22?,23-,24?,25?,26?,27-/m0/s1. The summed E-state index contributed by atoms with van der Waals surface area (Å²) in [4.78, 5) is 25.1. The van der Waals surface area contributed by atoms with Gasteiger partial charge in [0.1, 0.15) is 6.04 Å². The van der Waals surface area contributed by atoms with E-state index < -0.39 is 33.5 Å². The fourth-order valence-electron chi connectivity index (χ4n) is 6.52. The van der Waals surface area contributed by atoms with E-state index in [0.717, 1.165) is 18.4 Å². The molecule has 1 aliphatic heterocycles. The molecule has 11 nitrogen and oxygen atoms in total. The van der Waals surface area contributed by atoms with Crippen molar-refractivity contribution in [3.63, 3.8) is 0 Å². The lowest BCUT2D eigenvalue weighted by Gasteiger charge is -2.36. The van der Waals surface area contributed by atoms with Gasteiger partial charge in [-0.1, -0.05) is 33.1 Å². The van der Waals surface area contributed by atoms with Crippen LogP contribution in [0.15, 0.2) is 11.8 Å². The van der Waals surface area contributed by atoms with E-state index >= 15 is 0 Å². The molecule has 2 aliphatic carbocycles. The minimum absolute atomic E-state index is 0.0574. The van der Waals surface area contributed by atoms with Crippen LogP contribution >= 0.6 is 0 Å². The highest BCUT2D eigenvalue weighted by Crippen LogP contribution is 2.36. The van der Waals surface area contributed by atoms with Crippen molar-refractivity contribution in [3.05, 3.63) is 11.8 Å². The van der Waals surface area contributed by atoms with E-state index in [4.69, 9.17) is 10.5 Å². The van der Waals surface area contributed by atoms with Gasteiger partial charge in [0, 0.05) is 37.1 Å². The van der Waals surface area contributed by atoms with Crippen LogP contribution in [-0.2, 0) is 19.6 Å². The van der Waals surface area contributed by atoms with Gasteiger partial charge < -0.3 is 31.5 Å². The summed E-state index contributed by atoms with van der Waals surface area (Å²) in [7, 11) is -2.29. The molecule has 2 fully saturated rings. The number of alkyl carbamates (subject to hydrolysis) is 1. The summed E-state index contributed by atoms with van der Waals surface area (Å²) in [6.45, 7) is 4.46. The summed E-state index contributed by atoms with van der Waals surface area (Å²) in [5.74, 6) is 0.246. The molecule has 0 aromatic carbocycles. The third-order valence-corrected chi connectivity index (χ3v) is 11.3. The fraction of sp³-hybridized carbons (Fsp3) is 0.862. The second-order valence-corrected chi connectivity index (χ2v) is 14.6. The number of fused-ring (bicyclic) bond motifs is 1. The number of aliphatic hydroxyl groups excluding tert-OH is 1. The summed E-state index contributed by atoms with van der Waals surface area (Å²) in [6.07, 6.45) is 10.6. The first-order valence-electron chi connectivity index (χ1n) is 15.5. The van der Waals surface area contributed by atoms with Crippen molar-refractivity contribution in [3.8, 4) is 0 Å².